The van der Waals surface area contributed by atoms with Crippen molar-refractivity contribution >= 4 is 18.1 Å². The van der Waals surface area contributed by atoms with Crippen LogP contribution >= 0.6 is 12.4 Å². The molecule has 1 aliphatic heterocycles. The summed E-state index contributed by atoms with van der Waals surface area (Å²) in [6.07, 6.45) is 3.04. The maximum atomic E-state index is 9.03. The highest BCUT2D eigenvalue weighted by molar-refractivity contribution is 5.90. The average molecular weight is 255 g/mol. The molecular formula is C13H19ClN2O. The fraction of sp³-hybridized carbons (Fsp3) is 0.462. The van der Waals surface area contributed by atoms with Crippen molar-refractivity contribution in [2.75, 3.05) is 0 Å². The highest BCUT2D eigenvalue weighted by atomic mass is 35.5. The topological polar surface area (TPSA) is 44.6 Å². The summed E-state index contributed by atoms with van der Waals surface area (Å²) in [4.78, 5) is 0. The van der Waals surface area contributed by atoms with Crippen molar-refractivity contribution in [3.05, 3.63) is 35.9 Å². The Labute approximate surface area is 108 Å². The first-order chi connectivity index (χ1) is 7.85. The molecule has 2 rings (SSSR count). The number of oxime groups is 1. The van der Waals surface area contributed by atoms with Crippen molar-refractivity contribution in [1.29, 1.82) is 0 Å². The van der Waals surface area contributed by atoms with Crippen molar-refractivity contribution in [2.24, 2.45) is 5.16 Å². The molecule has 94 valence electrons. The fourth-order valence-corrected chi connectivity index (χ4v) is 2.25. The first kappa shape index (κ1) is 14.0. The molecule has 0 bridgehead atoms. The molecule has 0 radical (unpaired) electrons. The maximum Gasteiger partial charge on any atom is 0.0785 e. The van der Waals surface area contributed by atoms with E-state index >= 15 is 0 Å². The van der Waals surface area contributed by atoms with Gasteiger partial charge in [-0.2, -0.15) is 0 Å². The van der Waals surface area contributed by atoms with Gasteiger partial charge in [0, 0.05) is 6.04 Å². The summed E-state index contributed by atoms with van der Waals surface area (Å²) in [5.74, 6) is 0. The first-order valence-electron chi connectivity index (χ1n) is 5.87. The zero-order valence-electron chi connectivity index (χ0n) is 9.97. The van der Waals surface area contributed by atoms with Gasteiger partial charge in [0.05, 0.1) is 11.8 Å². The van der Waals surface area contributed by atoms with E-state index in [2.05, 4.69) is 29.5 Å². The van der Waals surface area contributed by atoms with Gasteiger partial charge in [-0.05, 0) is 24.8 Å². The van der Waals surface area contributed by atoms with Crippen molar-refractivity contribution in [3.63, 3.8) is 0 Å². The largest absolute Gasteiger partial charge is 0.411 e. The standard InChI is InChI=1S/C13H18N2O.ClH/c1-2-11-8-9-12(15-16)13(14-11)10-6-4-3-5-7-10;/h3-7,11,13-14,16H,2,8-9H2,1H3;1H/b15-12+;/t11-,13-;/m0./s1. The van der Waals surface area contributed by atoms with Crippen LogP contribution in [-0.2, 0) is 0 Å². The molecule has 3 nitrogen and oxygen atoms in total. The van der Waals surface area contributed by atoms with Crippen molar-refractivity contribution in [2.45, 2.75) is 38.3 Å². The van der Waals surface area contributed by atoms with E-state index in [0.717, 1.165) is 25.0 Å². The summed E-state index contributed by atoms with van der Waals surface area (Å²) in [6.45, 7) is 2.18. The Hall–Kier alpha value is -1.06. The van der Waals surface area contributed by atoms with Gasteiger partial charge in [0.25, 0.3) is 0 Å². The Morgan fingerprint density at radius 2 is 2.06 bits per heavy atom. The molecule has 0 spiro atoms. The van der Waals surface area contributed by atoms with Crippen molar-refractivity contribution < 1.29 is 5.21 Å². The van der Waals surface area contributed by atoms with Crippen LogP contribution in [0.4, 0.5) is 0 Å². The van der Waals surface area contributed by atoms with Crippen LogP contribution in [-0.4, -0.2) is 17.0 Å². The van der Waals surface area contributed by atoms with E-state index in [4.69, 9.17) is 5.21 Å². The van der Waals surface area contributed by atoms with Crippen LogP contribution in [0, 0.1) is 0 Å². The Morgan fingerprint density at radius 3 is 2.65 bits per heavy atom. The van der Waals surface area contributed by atoms with Crippen molar-refractivity contribution in [1.82, 2.24) is 5.32 Å². The number of nitrogens with zero attached hydrogens (tertiary/aromatic N) is 1. The second-order valence-corrected chi connectivity index (χ2v) is 4.25. The van der Waals surface area contributed by atoms with Crippen LogP contribution in [0.2, 0.25) is 0 Å². The lowest BCUT2D eigenvalue weighted by molar-refractivity contribution is 0.306. The highest BCUT2D eigenvalue weighted by Crippen LogP contribution is 2.24. The number of hydrogen-bond donors (Lipinski definition) is 2. The lowest BCUT2D eigenvalue weighted by atomic mass is 9.91. The predicted octanol–water partition coefficient (Wildman–Crippen LogP) is 3.14. The van der Waals surface area contributed by atoms with E-state index in [1.165, 1.54) is 5.56 Å². The van der Waals surface area contributed by atoms with E-state index in [1.807, 2.05) is 18.2 Å². The van der Waals surface area contributed by atoms with E-state index in [0.29, 0.717) is 6.04 Å². The highest BCUT2D eigenvalue weighted by Gasteiger charge is 2.26. The summed E-state index contributed by atoms with van der Waals surface area (Å²) >= 11 is 0. The number of nitrogens with one attached hydrogen (secondary N) is 1. The molecule has 17 heavy (non-hydrogen) atoms. The molecule has 1 fully saturated rings. The van der Waals surface area contributed by atoms with Gasteiger partial charge >= 0.3 is 0 Å². The van der Waals surface area contributed by atoms with Gasteiger partial charge in [0.15, 0.2) is 0 Å². The summed E-state index contributed by atoms with van der Waals surface area (Å²) in [5, 5.41) is 16.0. The summed E-state index contributed by atoms with van der Waals surface area (Å²) in [7, 11) is 0. The van der Waals surface area contributed by atoms with Gasteiger partial charge in [0.2, 0.25) is 0 Å². The lowest BCUT2D eigenvalue weighted by Gasteiger charge is -2.31. The average Bonchev–Trinajstić information content (AvgIpc) is 2.39. The quantitative estimate of drug-likeness (QED) is 0.629. The summed E-state index contributed by atoms with van der Waals surface area (Å²) in [6, 6.07) is 10.8. The number of piperidine rings is 1. The molecule has 2 N–H and O–H groups in total. The van der Waals surface area contributed by atoms with E-state index < -0.39 is 0 Å². The third-order valence-electron chi connectivity index (χ3n) is 3.24. The monoisotopic (exact) mass is 254 g/mol. The van der Waals surface area contributed by atoms with Crippen LogP contribution in [0.15, 0.2) is 35.5 Å². The minimum atomic E-state index is 0. The minimum absolute atomic E-state index is 0. The molecule has 1 aromatic rings. The van der Waals surface area contributed by atoms with Crippen LogP contribution in [0.3, 0.4) is 0 Å². The van der Waals surface area contributed by atoms with Gasteiger partial charge in [-0.1, -0.05) is 42.4 Å². The van der Waals surface area contributed by atoms with Crippen LogP contribution in [0.5, 0.6) is 0 Å². The molecule has 2 atom stereocenters. The summed E-state index contributed by atoms with van der Waals surface area (Å²) < 4.78 is 0. The molecule has 0 saturated carbocycles. The molecule has 0 amide bonds. The van der Waals surface area contributed by atoms with Gasteiger partial charge < -0.3 is 10.5 Å². The molecule has 0 unspecified atom stereocenters. The normalized spacial score (nSPS) is 26.5. The molecule has 1 saturated heterocycles. The first-order valence-corrected chi connectivity index (χ1v) is 5.87. The SMILES string of the molecule is CC[C@H]1CC/C(=N\O)[C@H](c2ccccc2)N1.Cl. The predicted molar refractivity (Wildman–Crippen MR) is 72.1 cm³/mol. The van der Waals surface area contributed by atoms with Crippen LogP contribution < -0.4 is 5.32 Å². The number of hydrogen-bond acceptors (Lipinski definition) is 3. The van der Waals surface area contributed by atoms with Gasteiger partial charge in [-0.3, -0.25) is 0 Å². The molecule has 1 aliphatic rings. The van der Waals surface area contributed by atoms with E-state index in [1.54, 1.807) is 0 Å². The number of benzene rings is 1. The Balaban J connectivity index is 0.00000144. The second-order valence-electron chi connectivity index (χ2n) is 4.25. The Kier molecular flexibility index (Phi) is 5.45. The molecule has 1 heterocycles. The molecule has 4 heteroatoms. The Bertz CT molecular complexity index is 367. The molecular weight excluding hydrogens is 236 g/mol. The molecule has 0 aliphatic carbocycles. The Morgan fingerprint density at radius 1 is 1.35 bits per heavy atom. The molecule has 0 aromatic heterocycles. The third kappa shape index (κ3) is 3.20. The zero-order chi connectivity index (χ0) is 11.4. The lowest BCUT2D eigenvalue weighted by Crippen LogP contribution is -2.41. The smallest absolute Gasteiger partial charge is 0.0785 e. The van der Waals surface area contributed by atoms with Crippen LogP contribution in [0.1, 0.15) is 37.8 Å². The minimum Gasteiger partial charge on any atom is -0.411 e. The maximum absolute atomic E-state index is 9.03. The van der Waals surface area contributed by atoms with Crippen molar-refractivity contribution in [3.8, 4) is 0 Å². The van der Waals surface area contributed by atoms with Gasteiger partial charge in [-0.25, -0.2) is 0 Å². The number of halogens is 1. The molecule has 1 aromatic carbocycles. The fourth-order valence-electron chi connectivity index (χ4n) is 2.25. The van der Waals surface area contributed by atoms with Crippen LogP contribution in [0.25, 0.3) is 0 Å². The second kappa shape index (κ2) is 6.62. The summed E-state index contributed by atoms with van der Waals surface area (Å²) in [5.41, 5.74) is 2.02. The van der Waals surface area contributed by atoms with E-state index in [-0.39, 0.29) is 18.4 Å². The van der Waals surface area contributed by atoms with E-state index in [9.17, 15) is 0 Å². The van der Waals surface area contributed by atoms with Gasteiger partial charge in [-0.15, -0.1) is 12.4 Å². The number of rotatable bonds is 2. The zero-order valence-corrected chi connectivity index (χ0v) is 10.8. The van der Waals surface area contributed by atoms with Gasteiger partial charge in [0.1, 0.15) is 0 Å². The third-order valence-corrected chi connectivity index (χ3v) is 3.24.